The minimum absolute atomic E-state index is 0.00926. The highest BCUT2D eigenvalue weighted by atomic mass is 35.5. The number of rotatable bonds is 2. The van der Waals surface area contributed by atoms with Crippen molar-refractivity contribution < 1.29 is 9.53 Å². The third-order valence-corrected chi connectivity index (χ3v) is 0.794. The molecule has 0 amide bonds. The van der Waals surface area contributed by atoms with Gasteiger partial charge in [-0.05, 0) is 23.2 Å². The van der Waals surface area contributed by atoms with Gasteiger partial charge in [0.2, 0.25) is 5.24 Å². The second-order valence-corrected chi connectivity index (χ2v) is 1.70. The zero-order chi connectivity index (χ0) is 6.57. The number of methoxy groups -OCH3 is 1. The number of ether oxygens (including phenoxy) is 1. The minimum atomic E-state index is -0.642. The Morgan fingerprint density at radius 2 is 2.12 bits per heavy atom. The Kier molecular flexibility index (Phi) is 3.65. The van der Waals surface area contributed by atoms with Crippen LogP contribution in [0, 0.1) is 0 Å². The molecular formula is C4H4Cl2O2. The molecule has 0 fully saturated rings. The molecular weight excluding hydrogens is 151 g/mol. The van der Waals surface area contributed by atoms with Gasteiger partial charge in [0.25, 0.3) is 0 Å². The van der Waals surface area contributed by atoms with Gasteiger partial charge in [-0.3, -0.25) is 4.79 Å². The summed E-state index contributed by atoms with van der Waals surface area (Å²) in [5.41, 5.74) is 0. The maximum atomic E-state index is 9.94. The first-order chi connectivity index (χ1) is 3.66. The van der Waals surface area contributed by atoms with Crippen LogP contribution in [-0.2, 0) is 9.53 Å². The summed E-state index contributed by atoms with van der Waals surface area (Å²) in [6, 6.07) is 0. The Labute approximate surface area is 57.0 Å². The van der Waals surface area contributed by atoms with Crippen LogP contribution in [0.25, 0.3) is 0 Å². The monoisotopic (exact) mass is 154 g/mol. The fraction of sp³-hybridized carbons (Fsp3) is 0.250. The van der Waals surface area contributed by atoms with E-state index in [-0.39, 0.29) is 5.22 Å². The lowest BCUT2D eigenvalue weighted by molar-refractivity contribution is -0.107. The summed E-state index contributed by atoms with van der Waals surface area (Å²) in [5.74, 6) is 0. The van der Waals surface area contributed by atoms with E-state index in [9.17, 15) is 4.79 Å². The van der Waals surface area contributed by atoms with Gasteiger partial charge in [-0.2, -0.15) is 0 Å². The quantitative estimate of drug-likeness (QED) is 0.343. The third-order valence-electron chi connectivity index (χ3n) is 0.422. The predicted molar refractivity (Wildman–Crippen MR) is 31.8 cm³/mol. The van der Waals surface area contributed by atoms with Crippen LogP contribution in [0.4, 0.5) is 0 Å². The summed E-state index contributed by atoms with van der Waals surface area (Å²) in [6.07, 6.45) is 0.975. The molecule has 0 saturated heterocycles. The van der Waals surface area contributed by atoms with Gasteiger partial charge in [0.05, 0.1) is 13.2 Å². The van der Waals surface area contributed by atoms with E-state index in [1.54, 1.807) is 0 Å². The van der Waals surface area contributed by atoms with Gasteiger partial charge < -0.3 is 4.74 Å². The summed E-state index contributed by atoms with van der Waals surface area (Å²) in [5, 5.41) is -0.651. The van der Waals surface area contributed by atoms with Crippen LogP contribution in [0.5, 0.6) is 0 Å². The van der Waals surface area contributed by atoms with Gasteiger partial charge in [0, 0.05) is 0 Å². The van der Waals surface area contributed by atoms with Crippen molar-refractivity contribution in [2.45, 2.75) is 0 Å². The molecule has 0 aliphatic rings. The van der Waals surface area contributed by atoms with E-state index in [0.29, 0.717) is 0 Å². The number of carbonyl (C=O) groups excluding carboxylic acids is 1. The van der Waals surface area contributed by atoms with Crippen LogP contribution < -0.4 is 0 Å². The van der Waals surface area contributed by atoms with Gasteiger partial charge in [-0.15, -0.1) is 0 Å². The van der Waals surface area contributed by atoms with Crippen molar-refractivity contribution in [3.05, 3.63) is 11.3 Å². The maximum Gasteiger partial charge on any atom is 0.249 e. The van der Waals surface area contributed by atoms with Gasteiger partial charge >= 0.3 is 0 Å². The first kappa shape index (κ1) is 7.79. The third kappa shape index (κ3) is 3.96. The van der Waals surface area contributed by atoms with E-state index >= 15 is 0 Å². The van der Waals surface area contributed by atoms with E-state index < -0.39 is 5.24 Å². The van der Waals surface area contributed by atoms with E-state index in [4.69, 9.17) is 23.2 Å². The van der Waals surface area contributed by atoms with Crippen molar-refractivity contribution in [3.8, 4) is 0 Å². The Bertz CT molecular complexity index is 119. The molecule has 2 nitrogen and oxygen atoms in total. The molecule has 0 aromatic heterocycles. The molecule has 8 heavy (non-hydrogen) atoms. The minimum Gasteiger partial charge on any atom is -0.486 e. The summed E-state index contributed by atoms with van der Waals surface area (Å²) in [4.78, 5) is 9.94. The van der Waals surface area contributed by atoms with Crippen LogP contribution in [0.2, 0.25) is 0 Å². The summed E-state index contributed by atoms with van der Waals surface area (Å²) in [6.45, 7) is 0. The van der Waals surface area contributed by atoms with E-state index in [2.05, 4.69) is 4.74 Å². The smallest absolute Gasteiger partial charge is 0.249 e. The van der Waals surface area contributed by atoms with Crippen molar-refractivity contribution >= 4 is 28.4 Å². The molecule has 0 aliphatic heterocycles. The van der Waals surface area contributed by atoms with Gasteiger partial charge in [-0.1, -0.05) is 0 Å². The van der Waals surface area contributed by atoms with Crippen LogP contribution in [0.3, 0.4) is 0 Å². The Balaban J connectivity index is 3.75. The van der Waals surface area contributed by atoms with Gasteiger partial charge in [0.15, 0.2) is 5.22 Å². The fourth-order valence-electron chi connectivity index (χ4n) is 0.148. The van der Waals surface area contributed by atoms with Crippen LogP contribution in [-0.4, -0.2) is 12.4 Å². The number of halogens is 2. The molecule has 4 heteroatoms. The molecule has 0 aromatic rings. The number of hydrogen-bond acceptors (Lipinski definition) is 2. The molecule has 0 aliphatic carbocycles. The molecule has 46 valence electrons. The maximum absolute atomic E-state index is 9.94. The van der Waals surface area contributed by atoms with Crippen LogP contribution >= 0.6 is 23.2 Å². The average molecular weight is 155 g/mol. The lowest BCUT2D eigenvalue weighted by Gasteiger charge is -1.89. The van der Waals surface area contributed by atoms with Gasteiger partial charge in [0.1, 0.15) is 0 Å². The Morgan fingerprint density at radius 3 is 2.25 bits per heavy atom. The normalized spacial score (nSPS) is 11.1. The Morgan fingerprint density at radius 1 is 1.62 bits per heavy atom. The lowest BCUT2D eigenvalue weighted by atomic mass is 10.7. The van der Waals surface area contributed by atoms with E-state index in [0.717, 1.165) is 6.08 Å². The highest BCUT2D eigenvalue weighted by Gasteiger charge is 1.91. The molecule has 0 radical (unpaired) electrons. The largest absolute Gasteiger partial charge is 0.486 e. The first-order valence-electron chi connectivity index (χ1n) is 1.77. The molecule has 0 unspecified atom stereocenters. The summed E-state index contributed by atoms with van der Waals surface area (Å²) < 4.78 is 4.38. The summed E-state index contributed by atoms with van der Waals surface area (Å²) in [7, 11) is 1.35. The fourth-order valence-corrected chi connectivity index (χ4v) is 0.402. The molecule has 0 rings (SSSR count). The zero-order valence-electron chi connectivity index (χ0n) is 4.15. The molecule has 0 heterocycles. The van der Waals surface area contributed by atoms with Crippen molar-refractivity contribution in [2.75, 3.05) is 7.11 Å². The SMILES string of the molecule is CO/C(Cl)=C/C(=O)Cl. The molecule has 0 atom stereocenters. The molecule has 0 spiro atoms. The first-order valence-corrected chi connectivity index (χ1v) is 2.53. The summed E-state index contributed by atoms with van der Waals surface area (Å²) >= 11 is 10.1. The van der Waals surface area contributed by atoms with Crippen LogP contribution in [0.1, 0.15) is 0 Å². The highest BCUT2D eigenvalue weighted by Crippen LogP contribution is 2.01. The molecule has 0 saturated carbocycles. The lowest BCUT2D eigenvalue weighted by Crippen LogP contribution is -1.81. The van der Waals surface area contributed by atoms with Crippen LogP contribution in [0.15, 0.2) is 11.3 Å². The van der Waals surface area contributed by atoms with Crippen molar-refractivity contribution in [1.82, 2.24) is 0 Å². The second kappa shape index (κ2) is 3.75. The molecule has 0 aromatic carbocycles. The zero-order valence-corrected chi connectivity index (χ0v) is 5.66. The van der Waals surface area contributed by atoms with Crippen molar-refractivity contribution in [3.63, 3.8) is 0 Å². The highest BCUT2D eigenvalue weighted by molar-refractivity contribution is 6.67. The second-order valence-electron chi connectivity index (χ2n) is 0.957. The van der Waals surface area contributed by atoms with E-state index in [1.807, 2.05) is 0 Å². The predicted octanol–water partition coefficient (Wildman–Crippen LogP) is 1.48. The number of carbonyl (C=O) groups is 1. The van der Waals surface area contributed by atoms with Crippen molar-refractivity contribution in [1.29, 1.82) is 0 Å². The number of allylic oxidation sites excluding steroid dienone is 1. The Hall–Kier alpha value is -0.210. The number of hydrogen-bond donors (Lipinski definition) is 0. The van der Waals surface area contributed by atoms with Crippen molar-refractivity contribution in [2.24, 2.45) is 0 Å². The van der Waals surface area contributed by atoms with Gasteiger partial charge in [-0.25, -0.2) is 0 Å². The van der Waals surface area contributed by atoms with E-state index in [1.165, 1.54) is 7.11 Å². The standard InChI is InChI=1S/C4H4Cl2O2/c1-8-4(6)2-3(5)7/h2H,1H3/b4-2+. The molecule has 0 bridgehead atoms. The topological polar surface area (TPSA) is 26.3 Å². The molecule has 0 N–H and O–H groups in total. The average Bonchev–Trinajstić information content (AvgIpc) is 1.65.